The quantitative estimate of drug-likeness (QED) is 0.0422. The molecule has 0 fully saturated rings. The molecule has 0 atom stereocenters. The molecule has 0 heterocycles. The molecule has 0 aliphatic rings. The highest BCUT2D eigenvalue weighted by Gasteiger charge is 2.35. The van der Waals surface area contributed by atoms with E-state index in [1.54, 1.807) is 37.4 Å². The van der Waals surface area contributed by atoms with Crippen LogP contribution in [0, 0.1) is 0 Å². The SMILES string of the molecule is COc1ccc(C(CCCNC(=O)COc2cc(C(=O)OCc3ccccc3)cc(-c3cccc(OCC(=O)CCCN)c3)c2)(c2ccccc2)c2ccccc2)cc1. The van der Waals surface area contributed by atoms with Crippen molar-refractivity contribution in [1.82, 2.24) is 5.32 Å². The molecule has 9 heteroatoms. The molecule has 3 N–H and O–H groups in total. The number of benzene rings is 6. The van der Waals surface area contributed by atoms with Gasteiger partial charge in [0.1, 0.15) is 30.5 Å². The van der Waals surface area contributed by atoms with E-state index < -0.39 is 11.4 Å². The number of ether oxygens (including phenoxy) is 4. The van der Waals surface area contributed by atoms with Gasteiger partial charge in [0.15, 0.2) is 12.4 Å². The fourth-order valence-electron chi connectivity index (χ4n) is 7.11. The lowest BCUT2D eigenvalue weighted by atomic mass is 9.66. The fourth-order valence-corrected chi connectivity index (χ4v) is 7.11. The summed E-state index contributed by atoms with van der Waals surface area (Å²) in [5.41, 5.74) is 11.0. The Kier molecular flexibility index (Phi) is 15.0. The number of hydrogen-bond donors (Lipinski definition) is 2. The molecule has 1 amide bonds. The van der Waals surface area contributed by atoms with E-state index in [9.17, 15) is 14.4 Å². The van der Waals surface area contributed by atoms with Crippen LogP contribution in [-0.4, -0.2) is 51.1 Å². The van der Waals surface area contributed by atoms with Gasteiger partial charge in [0.05, 0.1) is 12.7 Å². The zero-order valence-corrected chi connectivity index (χ0v) is 33.3. The standard InChI is InChI=1S/C50H50N2O7/c1-56-45-25-23-43(24-26-45)50(41-17-7-3-8-18-41,42-19-9-4-10-20-42)27-13-29-52-48(54)36-58-47-32-39(30-40(33-47)49(55)59-34-37-14-5-2-6-15-37)38-16-11-22-46(31-38)57-35-44(53)21-12-28-51/h2-11,14-20,22-26,30-33H,12-13,21,27-29,34-36,51H2,1H3,(H,52,54). The zero-order valence-electron chi connectivity index (χ0n) is 33.3. The van der Waals surface area contributed by atoms with Crippen molar-refractivity contribution in [2.24, 2.45) is 5.73 Å². The van der Waals surface area contributed by atoms with Crippen LogP contribution in [0.3, 0.4) is 0 Å². The van der Waals surface area contributed by atoms with Crippen LogP contribution in [0.4, 0.5) is 0 Å². The number of rotatable bonds is 21. The Hall–Kier alpha value is -6.71. The third kappa shape index (κ3) is 11.5. The van der Waals surface area contributed by atoms with Crippen LogP contribution in [0.5, 0.6) is 17.2 Å². The minimum absolute atomic E-state index is 0.0399. The second-order valence-electron chi connectivity index (χ2n) is 14.2. The highest BCUT2D eigenvalue weighted by Crippen LogP contribution is 2.43. The van der Waals surface area contributed by atoms with Crippen LogP contribution >= 0.6 is 0 Å². The number of carbonyl (C=O) groups excluding carboxylic acids is 3. The number of esters is 1. The Morgan fingerprint density at radius 2 is 1.24 bits per heavy atom. The first-order valence-corrected chi connectivity index (χ1v) is 19.8. The minimum Gasteiger partial charge on any atom is -0.497 e. The van der Waals surface area contributed by atoms with Gasteiger partial charge < -0.3 is 30.0 Å². The number of Topliss-reactive ketones (excluding diaryl/α,β-unsaturated/α-hetero) is 1. The summed E-state index contributed by atoms with van der Waals surface area (Å²) in [5.74, 6) is 0.717. The van der Waals surface area contributed by atoms with Crippen LogP contribution in [0.2, 0.25) is 0 Å². The van der Waals surface area contributed by atoms with E-state index >= 15 is 0 Å². The number of amides is 1. The summed E-state index contributed by atoms with van der Waals surface area (Å²) in [6, 6.07) is 50.7. The molecule has 6 rings (SSSR count). The molecule has 59 heavy (non-hydrogen) atoms. The number of nitrogens with two attached hydrogens (primary N) is 1. The normalized spacial score (nSPS) is 11.0. The first-order chi connectivity index (χ1) is 28.9. The van der Waals surface area contributed by atoms with Crippen molar-refractivity contribution in [2.75, 3.05) is 33.4 Å². The second kappa shape index (κ2) is 21.2. The van der Waals surface area contributed by atoms with E-state index in [4.69, 9.17) is 24.7 Å². The summed E-state index contributed by atoms with van der Waals surface area (Å²) < 4.78 is 23.0. The van der Waals surface area contributed by atoms with E-state index in [2.05, 4.69) is 66.0 Å². The van der Waals surface area contributed by atoms with Crippen LogP contribution in [0.25, 0.3) is 11.1 Å². The third-order valence-corrected chi connectivity index (χ3v) is 10.1. The van der Waals surface area contributed by atoms with Crippen molar-refractivity contribution in [1.29, 1.82) is 0 Å². The number of nitrogens with one attached hydrogen (secondary N) is 1. The van der Waals surface area contributed by atoms with Crippen LogP contribution < -0.4 is 25.3 Å². The number of carbonyl (C=O) groups is 3. The van der Waals surface area contributed by atoms with Crippen LogP contribution in [0.15, 0.2) is 158 Å². The Morgan fingerprint density at radius 3 is 1.90 bits per heavy atom. The summed E-state index contributed by atoms with van der Waals surface area (Å²) in [5, 5.41) is 3.04. The first-order valence-electron chi connectivity index (χ1n) is 19.8. The van der Waals surface area contributed by atoms with E-state index in [1.165, 1.54) is 0 Å². The van der Waals surface area contributed by atoms with Gasteiger partial charge >= 0.3 is 5.97 Å². The van der Waals surface area contributed by atoms with Gasteiger partial charge in [-0.15, -0.1) is 0 Å². The summed E-state index contributed by atoms with van der Waals surface area (Å²) >= 11 is 0. The molecule has 9 nitrogen and oxygen atoms in total. The summed E-state index contributed by atoms with van der Waals surface area (Å²) in [4.78, 5) is 38.9. The van der Waals surface area contributed by atoms with Crippen molar-refractivity contribution >= 4 is 17.7 Å². The molecule has 302 valence electrons. The van der Waals surface area contributed by atoms with E-state index in [-0.39, 0.29) is 37.1 Å². The first kappa shape index (κ1) is 41.9. The molecule has 0 bridgehead atoms. The van der Waals surface area contributed by atoms with Crippen molar-refractivity contribution < 1.29 is 33.3 Å². The summed E-state index contributed by atoms with van der Waals surface area (Å²) in [7, 11) is 1.66. The predicted octanol–water partition coefficient (Wildman–Crippen LogP) is 8.72. The lowest BCUT2D eigenvalue weighted by molar-refractivity contribution is -0.123. The van der Waals surface area contributed by atoms with Crippen molar-refractivity contribution in [2.45, 2.75) is 37.7 Å². The third-order valence-electron chi connectivity index (χ3n) is 10.1. The maximum atomic E-state index is 13.4. The van der Waals surface area contributed by atoms with E-state index in [0.717, 1.165) is 40.0 Å². The monoisotopic (exact) mass is 790 g/mol. The highest BCUT2D eigenvalue weighted by atomic mass is 16.5. The maximum absolute atomic E-state index is 13.4. The minimum atomic E-state index is -0.542. The average molecular weight is 791 g/mol. The fraction of sp³-hybridized carbons (Fsp3) is 0.220. The topological polar surface area (TPSA) is 126 Å². The lowest BCUT2D eigenvalue weighted by Crippen LogP contribution is -2.33. The predicted molar refractivity (Wildman–Crippen MR) is 230 cm³/mol. The molecule has 6 aromatic rings. The smallest absolute Gasteiger partial charge is 0.338 e. The van der Waals surface area contributed by atoms with Gasteiger partial charge in [-0.1, -0.05) is 115 Å². The average Bonchev–Trinajstić information content (AvgIpc) is 3.29. The van der Waals surface area contributed by atoms with Gasteiger partial charge in [-0.2, -0.15) is 0 Å². The molecule has 0 aliphatic heterocycles. The van der Waals surface area contributed by atoms with Gasteiger partial charge in [-0.05, 0) is 102 Å². The summed E-state index contributed by atoms with van der Waals surface area (Å²) in [6.07, 6.45) is 2.34. The van der Waals surface area contributed by atoms with E-state index in [1.807, 2.05) is 66.7 Å². The van der Waals surface area contributed by atoms with Crippen molar-refractivity contribution in [3.05, 3.63) is 186 Å². The number of hydrogen-bond acceptors (Lipinski definition) is 8. The molecule has 0 spiro atoms. The van der Waals surface area contributed by atoms with Gasteiger partial charge in [-0.25, -0.2) is 4.79 Å². The molecule has 0 unspecified atom stereocenters. The van der Waals surface area contributed by atoms with Gasteiger partial charge in [0.25, 0.3) is 5.91 Å². The molecule has 0 aromatic heterocycles. The molecule has 6 aromatic carbocycles. The molecule has 0 aliphatic carbocycles. The molecule has 0 radical (unpaired) electrons. The number of ketones is 1. The second-order valence-corrected chi connectivity index (χ2v) is 14.2. The molecule has 0 saturated carbocycles. The van der Waals surface area contributed by atoms with Gasteiger partial charge in [0.2, 0.25) is 0 Å². The number of methoxy groups -OCH3 is 1. The van der Waals surface area contributed by atoms with Crippen molar-refractivity contribution in [3.8, 4) is 28.4 Å². The van der Waals surface area contributed by atoms with E-state index in [0.29, 0.717) is 49.4 Å². The zero-order chi connectivity index (χ0) is 41.3. The molecular formula is C50H50N2O7. The Balaban J connectivity index is 1.16. The lowest BCUT2D eigenvalue weighted by Gasteiger charge is -2.36. The highest BCUT2D eigenvalue weighted by molar-refractivity contribution is 5.92. The summed E-state index contributed by atoms with van der Waals surface area (Å²) in [6.45, 7) is 0.611. The van der Waals surface area contributed by atoms with Gasteiger partial charge in [-0.3, -0.25) is 9.59 Å². The molecule has 0 saturated heterocycles. The van der Waals surface area contributed by atoms with Gasteiger partial charge in [0, 0.05) is 18.4 Å². The Bertz CT molecular complexity index is 2220. The Labute approximate surface area is 346 Å². The maximum Gasteiger partial charge on any atom is 0.338 e. The Morgan fingerprint density at radius 1 is 0.610 bits per heavy atom. The van der Waals surface area contributed by atoms with Crippen LogP contribution in [0.1, 0.15) is 58.3 Å². The van der Waals surface area contributed by atoms with Crippen molar-refractivity contribution in [3.63, 3.8) is 0 Å². The largest absolute Gasteiger partial charge is 0.497 e. The molecular weight excluding hydrogens is 741 g/mol. The van der Waals surface area contributed by atoms with Crippen LogP contribution in [-0.2, 0) is 26.3 Å².